The van der Waals surface area contributed by atoms with Crippen molar-refractivity contribution in [3.8, 4) is 0 Å². The maximum Gasteiger partial charge on any atom is 0.355 e. The molecule has 2 amide bonds. The Bertz CT molecular complexity index is 655. The smallest absolute Gasteiger partial charge is 0.355 e. The van der Waals surface area contributed by atoms with Gasteiger partial charge in [-0.05, 0) is 11.6 Å². The minimum absolute atomic E-state index is 0.0366. The zero-order valence-electron chi connectivity index (χ0n) is 14.2. The van der Waals surface area contributed by atoms with Crippen LogP contribution in [0.1, 0.15) is 12.5 Å². The van der Waals surface area contributed by atoms with E-state index in [0.717, 1.165) is 5.56 Å². The number of nitrogens with zero attached hydrogens (tertiary/aromatic N) is 1. The molecule has 0 fully saturated rings. The van der Waals surface area contributed by atoms with Crippen LogP contribution in [0.5, 0.6) is 0 Å². The molecule has 0 aliphatic heterocycles. The Morgan fingerprint density at radius 2 is 1.72 bits per heavy atom. The number of nitrogens with one attached hydrogen (secondary N) is 1. The van der Waals surface area contributed by atoms with Gasteiger partial charge in [0.15, 0.2) is 6.61 Å². The van der Waals surface area contributed by atoms with Crippen LogP contribution >= 0.6 is 0 Å². The first-order valence-electron chi connectivity index (χ1n) is 7.69. The van der Waals surface area contributed by atoms with E-state index in [9.17, 15) is 14.4 Å². The van der Waals surface area contributed by atoms with Gasteiger partial charge in [0.05, 0.1) is 0 Å². The Kier molecular flexibility index (Phi) is 8.43. The Labute approximate surface area is 147 Å². The summed E-state index contributed by atoms with van der Waals surface area (Å²) in [4.78, 5) is 37.0. The Morgan fingerprint density at radius 1 is 1.12 bits per heavy atom. The van der Waals surface area contributed by atoms with Crippen molar-refractivity contribution < 1.29 is 19.1 Å². The number of carbonyl (C=O) groups excluding carboxylic acids is 3. The SMILES string of the molecule is C=CCN(CC=C)C(=O)COC(=O)/C(=C/c1ccccc1)NC(C)=O. The fraction of sp³-hybridized carbons (Fsp3) is 0.211. The summed E-state index contributed by atoms with van der Waals surface area (Å²) < 4.78 is 5.03. The number of ether oxygens (including phenoxy) is 1. The quantitative estimate of drug-likeness (QED) is 0.422. The highest BCUT2D eigenvalue weighted by Gasteiger charge is 2.17. The molecule has 25 heavy (non-hydrogen) atoms. The third kappa shape index (κ3) is 7.30. The molecule has 0 radical (unpaired) electrons. The van der Waals surface area contributed by atoms with Crippen molar-refractivity contribution in [1.82, 2.24) is 10.2 Å². The molecule has 0 bridgehead atoms. The van der Waals surface area contributed by atoms with Crippen molar-refractivity contribution in [3.05, 3.63) is 66.9 Å². The van der Waals surface area contributed by atoms with Crippen LogP contribution in [0.3, 0.4) is 0 Å². The van der Waals surface area contributed by atoms with Gasteiger partial charge in [-0.3, -0.25) is 9.59 Å². The number of esters is 1. The first-order valence-corrected chi connectivity index (χ1v) is 7.69. The van der Waals surface area contributed by atoms with Crippen LogP contribution in [0.2, 0.25) is 0 Å². The summed E-state index contributed by atoms with van der Waals surface area (Å²) in [5.74, 6) is -1.58. The van der Waals surface area contributed by atoms with Crippen molar-refractivity contribution in [2.45, 2.75) is 6.92 Å². The average molecular weight is 342 g/mol. The number of hydrogen-bond acceptors (Lipinski definition) is 4. The maximum absolute atomic E-state index is 12.2. The zero-order valence-corrected chi connectivity index (χ0v) is 14.2. The first-order chi connectivity index (χ1) is 12.0. The van der Waals surface area contributed by atoms with Gasteiger partial charge >= 0.3 is 5.97 Å². The van der Waals surface area contributed by atoms with Gasteiger partial charge in [0.25, 0.3) is 5.91 Å². The summed E-state index contributed by atoms with van der Waals surface area (Å²) in [5, 5.41) is 2.42. The molecule has 0 heterocycles. The normalized spacial score (nSPS) is 10.5. The van der Waals surface area contributed by atoms with E-state index >= 15 is 0 Å². The van der Waals surface area contributed by atoms with Crippen LogP contribution in [0, 0.1) is 0 Å². The largest absolute Gasteiger partial charge is 0.451 e. The molecular weight excluding hydrogens is 320 g/mol. The van der Waals surface area contributed by atoms with E-state index in [1.807, 2.05) is 6.07 Å². The van der Waals surface area contributed by atoms with E-state index in [4.69, 9.17) is 4.74 Å². The Balaban J connectivity index is 2.80. The van der Waals surface area contributed by atoms with Crippen LogP contribution in [-0.4, -0.2) is 42.4 Å². The lowest BCUT2D eigenvalue weighted by Crippen LogP contribution is -2.36. The number of rotatable bonds is 9. The monoisotopic (exact) mass is 342 g/mol. The van der Waals surface area contributed by atoms with Crippen molar-refractivity contribution in [2.75, 3.05) is 19.7 Å². The van der Waals surface area contributed by atoms with E-state index < -0.39 is 18.5 Å². The third-order valence-corrected chi connectivity index (χ3v) is 3.02. The number of amides is 2. The van der Waals surface area contributed by atoms with Gasteiger partial charge in [-0.15, -0.1) is 13.2 Å². The van der Waals surface area contributed by atoms with E-state index in [0.29, 0.717) is 13.1 Å². The minimum Gasteiger partial charge on any atom is -0.451 e. The van der Waals surface area contributed by atoms with E-state index in [-0.39, 0.29) is 11.6 Å². The van der Waals surface area contributed by atoms with Crippen LogP contribution in [0.4, 0.5) is 0 Å². The van der Waals surface area contributed by atoms with Crippen LogP contribution < -0.4 is 5.32 Å². The summed E-state index contributed by atoms with van der Waals surface area (Å²) in [7, 11) is 0. The highest BCUT2D eigenvalue weighted by molar-refractivity contribution is 5.98. The molecule has 1 N–H and O–H groups in total. The molecule has 6 heteroatoms. The van der Waals surface area contributed by atoms with Crippen molar-refractivity contribution in [2.24, 2.45) is 0 Å². The topological polar surface area (TPSA) is 75.7 Å². The van der Waals surface area contributed by atoms with Gasteiger partial charge in [-0.1, -0.05) is 42.5 Å². The first kappa shape index (κ1) is 19.9. The van der Waals surface area contributed by atoms with Gasteiger partial charge in [-0.2, -0.15) is 0 Å². The zero-order chi connectivity index (χ0) is 18.7. The lowest BCUT2D eigenvalue weighted by Gasteiger charge is -2.19. The van der Waals surface area contributed by atoms with Crippen molar-refractivity contribution in [1.29, 1.82) is 0 Å². The Morgan fingerprint density at radius 3 is 2.24 bits per heavy atom. The van der Waals surface area contributed by atoms with Gasteiger partial charge in [-0.25, -0.2) is 4.79 Å². The van der Waals surface area contributed by atoms with Crippen LogP contribution in [0.25, 0.3) is 6.08 Å². The number of hydrogen-bond donors (Lipinski definition) is 1. The fourth-order valence-electron chi connectivity index (χ4n) is 1.94. The fourth-order valence-corrected chi connectivity index (χ4v) is 1.94. The maximum atomic E-state index is 12.2. The van der Waals surface area contributed by atoms with Crippen molar-refractivity contribution in [3.63, 3.8) is 0 Å². The summed E-state index contributed by atoms with van der Waals surface area (Å²) in [6.45, 7) is 8.64. The lowest BCUT2D eigenvalue weighted by molar-refractivity contribution is -0.149. The predicted octanol–water partition coefficient (Wildman–Crippen LogP) is 1.91. The Hall–Kier alpha value is -3.15. The minimum atomic E-state index is -0.787. The summed E-state index contributed by atoms with van der Waals surface area (Å²) >= 11 is 0. The second-order valence-corrected chi connectivity index (χ2v) is 5.10. The molecule has 0 atom stereocenters. The van der Waals surface area contributed by atoms with E-state index in [1.165, 1.54) is 17.9 Å². The van der Waals surface area contributed by atoms with E-state index in [2.05, 4.69) is 18.5 Å². The van der Waals surface area contributed by atoms with Crippen molar-refractivity contribution >= 4 is 23.9 Å². The average Bonchev–Trinajstić information content (AvgIpc) is 2.59. The van der Waals surface area contributed by atoms with Gasteiger partial charge in [0.2, 0.25) is 5.91 Å². The van der Waals surface area contributed by atoms with Crippen LogP contribution in [0.15, 0.2) is 61.3 Å². The van der Waals surface area contributed by atoms with Gasteiger partial charge < -0.3 is 15.0 Å². The molecule has 132 valence electrons. The molecule has 0 saturated carbocycles. The molecule has 0 saturated heterocycles. The number of benzene rings is 1. The highest BCUT2D eigenvalue weighted by Crippen LogP contribution is 2.06. The predicted molar refractivity (Wildman–Crippen MR) is 96.2 cm³/mol. The van der Waals surface area contributed by atoms with E-state index in [1.54, 1.807) is 36.4 Å². The van der Waals surface area contributed by atoms with Gasteiger partial charge in [0.1, 0.15) is 5.70 Å². The highest BCUT2D eigenvalue weighted by atomic mass is 16.5. The summed E-state index contributed by atoms with van der Waals surface area (Å²) in [6, 6.07) is 8.98. The summed E-state index contributed by atoms with van der Waals surface area (Å²) in [6.07, 6.45) is 4.63. The molecule has 1 aromatic rings. The molecule has 1 rings (SSSR count). The molecule has 0 spiro atoms. The molecule has 0 unspecified atom stereocenters. The molecule has 0 aliphatic carbocycles. The standard InChI is InChI=1S/C19H22N2O4/c1-4-11-21(12-5-2)18(23)14-25-19(24)17(20-15(3)22)13-16-9-7-6-8-10-16/h4-10,13H,1-2,11-12,14H2,3H3,(H,20,22)/b17-13-. The molecule has 1 aromatic carbocycles. The second-order valence-electron chi connectivity index (χ2n) is 5.10. The van der Waals surface area contributed by atoms with Crippen LogP contribution in [-0.2, 0) is 19.1 Å². The second kappa shape index (κ2) is 10.6. The summed E-state index contributed by atoms with van der Waals surface area (Å²) in [5.41, 5.74) is 0.681. The molecule has 0 aromatic heterocycles. The number of carbonyl (C=O) groups is 3. The third-order valence-electron chi connectivity index (χ3n) is 3.02. The lowest BCUT2D eigenvalue weighted by atomic mass is 10.2. The molecule has 0 aliphatic rings. The molecule has 6 nitrogen and oxygen atoms in total. The van der Waals surface area contributed by atoms with Gasteiger partial charge in [0, 0.05) is 20.0 Å². The molecular formula is C19H22N2O4.